The highest BCUT2D eigenvalue weighted by Crippen LogP contribution is 2.34. The number of rotatable bonds is 2. The van der Waals surface area contributed by atoms with Gasteiger partial charge < -0.3 is 19.0 Å². The molecule has 0 bridgehead atoms. The summed E-state index contributed by atoms with van der Waals surface area (Å²) in [6.45, 7) is 4.13. The van der Waals surface area contributed by atoms with Crippen molar-refractivity contribution in [1.29, 1.82) is 0 Å². The van der Waals surface area contributed by atoms with Gasteiger partial charge in [-0.25, -0.2) is 0 Å². The Bertz CT molecular complexity index is 630. The first-order valence-corrected chi connectivity index (χ1v) is 6.38. The van der Waals surface area contributed by atoms with Gasteiger partial charge in [0.25, 0.3) is 0 Å². The van der Waals surface area contributed by atoms with Crippen molar-refractivity contribution in [2.75, 3.05) is 13.2 Å². The molecule has 94 valence electrons. The van der Waals surface area contributed by atoms with Gasteiger partial charge in [-0.1, -0.05) is 0 Å². The maximum Gasteiger partial charge on any atom is 0.177 e. The second-order valence-corrected chi connectivity index (χ2v) is 4.47. The predicted molar refractivity (Wildman–Crippen MR) is 71.7 cm³/mol. The van der Waals surface area contributed by atoms with E-state index in [9.17, 15) is 0 Å². The summed E-state index contributed by atoms with van der Waals surface area (Å²) in [7, 11) is 0. The molecular weight excluding hydrogens is 248 g/mol. The van der Waals surface area contributed by atoms with Crippen molar-refractivity contribution in [3.05, 3.63) is 29.2 Å². The van der Waals surface area contributed by atoms with E-state index in [1.807, 2.05) is 24.4 Å². The third kappa shape index (κ3) is 1.80. The lowest BCUT2D eigenvalue weighted by atomic mass is 10.1. The Morgan fingerprint density at radius 2 is 2.06 bits per heavy atom. The minimum Gasteiger partial charge on any atom is -0.486 e. The quantitative estimate of drug-likeness (QED) is 0.846. The number of hydrogen-bond donors (Lipinski definition) is 1. The number of nitrogens with zero attached hydrogens (tertiary/aromatic N) is 1. The number of aromatic amines is 1. The molecule has 0 aliphatic carbocycles. The SMILES string of the molecule is CCn1c(-c2ccc3c(c2)OCCO3)c[nH]c1=S. The Morgan fingerprint density at radius 1 is 1.28 bits per heavy atom. The molecule has 18 heavy (non-hydrogen) atoms. The number of fused-ring (bicyclic) bond motifs is 1. The van der Waals surface area contributed by atoms with Crippen molar-refractivity contribution in [2.24, 2.45) is 0 Å². The molecule has 1 aliphatic heterocycles. The highest BCUT2D eigenvalue weighted by Gasteiger charge is 2.14. The number of imidazole rings is 1. The Kier molecular flexibility index (Phi) is 2.83. The summed E-state index contributed by atoms with van der Waals surface area (Å²) in [5.41, 5.74) is 2.15. The summed E-state index contributed by atoms with van der Waals surface area (Å²) in [6, 6.07) is 5.97. The average Bonchev–Trinajstić information content (AvgIpc) is 2.79. The molecule has 5 heteroatoms. The van der Waals surface area contributed by atoms with Gasteiger partial charge in [0.1, 0.15) is 13.2 Å². The fourth-order valence-corrected chi connectivity index (χ4v) is 2.44. The van der Waals surface area contributed by atoms with Gasteiger partial charge in [0.2, 0.25) is 0 Å². The van der Waals surface area contributed by atoms with Crippen molar-refractivity contribution in [3.8, 4) is 22.8 Å². The minimum atomic E-state index is 0.601. The fourth-order valence-electron chi connectivity index (χ4n) is 2.15. The zero-order valence-electron chi connectivity index (χ0n) is 10.1. The number of hydrogen-bond acceptors (Lipinski definition) is 3. The van der Waals surface area contributed by atoms with E-state index >= 15 is 0 Å². The molecule has 2 aromatic rings. The van der Waals surface area contributed by atoms with Crippen LogP contribution in [-0.4, -0.2) is 22.8 Å². The van der Waals surface area contributed by atoms with Crippen molar-refractivity contribution in [2.45, 2.75) is 13.5 Å². The summed E-state index contributed by atoms with van der Waals surface area (Å²) in [4.78, 5) is 3.07. The number of benzene rings is 1. The maximum atomic E-state index is 5.60. The first-order chi connectivity index (χ1) is 8.79. The Labute approximate surface area is 110 Å². The van der Waals surface area contributed by atoms with Gasteiger partial charge in [-0.2, -0.15) is 0 Å². The molecule has 1 aliphatic rings. The first-order valence-electron chi connectivity index (χ1n) is 5.98. The van der Waals surface area contributed by atoms with Crippen LogP contribution in [0.5, 0.6) is 11.5 Å². The normalized spacial score (nSPS) is 13.6. The molecule has 0 saturated heterocycles. The average molecular weight is 262 g/mol. The van der Waals surface area contributed by atoms with Crippen molar-refractivity contribution < 1.29 is 9.47 Å². The highest BCUT2D eigenvalue weighted by atomic mass is 32.1. The number of H-pyrrole nitrogens is 1. The predicted octanol–water partition coefficient (Wildman–Crippen LogP) is 3.00. The topological polar surface area (TPSA) is 39.2 Å². The molecule has 1 aromatic heterocycles. The monoisotopic (exact) mass is 262 g/mol. The van der Waals surface area contributed by atoms with Crippen LogP contribution in [0.15, 0.2) is 24.4 Å². The lowest BCUT2D eigenvalue weighted by Gasteiger charge is -2.19. The molecule has 2 heterocycles. The summed E-state index contributed by atoms with van der Waals surface area (Å²) >= 11 is 5.24. The third-order valence-electron chi connectivity index (χ3n) is 3.02. The van der Waals surface area contributed by atoms with Crippen LogP contribution in [0.3, 0.4) is 0 Å². The number of ether oxygens (including phenoxy) is 2. The molecule has 0 saturated carbocycles. The van der Waals surface area contributed by atoms with E-state index in [-0.39, 0.29) is 0 Å². The van der Waals surface area contributed by atoms with Crippen molar-refractivity contribution in [1.82, 2.24) is 9.55 Å². The zero-order valence-corrected chi connectivity index (χ0v) is 10.9. The summed E-state index contributed by atoms with van der Waals surface area (Å²) < 4.78 is 13.9. The van der Waals surface area contributed by atoms with E-state index in [0.29, 0.717) is 13.2 Å². The molecule has 0 spiro atoms. The van der Waals surface area contributed by atoms with Crippen LogP contribution < -0.4 is 9.47 Å². The van der Waals surface area contributed by atoms with Crippen LogP contribution in [0.1, 0.15) is 6.92 Å². The minimum absolute atomic E-state index is 0.601. The molecule has 4 nitrogen and oxygen atoms in total. The van der Waals surface area contributed by atoms with E-state index in [4.69, 9.17) is 21.7 Å². The second-order valence-electron chi connectivity index (χ2n) is 4.08. The lowest BCUT2D eigenvalue weighted by Crippen LogP contribution is -2.15. The van der Waals surface area contributed by atoms with Crippen LogP contribution in [0.2, 0.25) is 0 Å². The molecule has 3 rings (SSSR count). The highest BCUT2D eigenvalue weighted by molar-refractivity contribution is 7.71. The van der Waals surface area contributed by atoms with Crippen LogP contribution in [0.4, 0.5) is 0 Å². The van der Waals surface area contributed by atoms with Gasteiger partial charge in [0.15, 0.2) is 16.3 Å². The molecule has 0 amide bonds. The number of aromatic nitrogens is 2. The van der Waals surface area contributed by atoms with Gasteiger partial charge >= 0.3 is 0 Å². The van der Waals surface area contributed by atoms with E-state index in [2.05, 4.69) is 16.5 Å². The van der Waals surface area contributed by atoms with Gasteiger partial charge in [0.05, 0.1) is 5.69 Å². The second kappa shape index (κ2) is 4.49. The standard InChI is InChI=1S/C13H14N2O2S/c1-2-15-10(8-14-13(15)18)9-3-4-11-12(7-9)17-6-5-16-11/h3-4,7-8H,2,5-6H2,1H3,(H,14,18). The first kappa shape index (κ1) is 11.3. The maximum absolute atomic E-state index is 5.60. The van der Waals surface area contributed by atoms with Crippen LogP contribution >= 0.6 is 12.2 Å². The smallest absolute Gasteiger partial charge is 0.177 e. The number of nitrogens with one attached hydrogen (secondary N) is 1. The lowest BCUT2D eigenvalue weighted by molar-refractivity contribution is 0.171. The van der Waals surface area contributed by atoms with Crippen molar-refractivity contribution in [3.63, 3.8) is 0 Å². The third-order valence-corrected chi connectivity index (χ3v) is 3.36. The Balaban J connectivity index is 2.09. The largest absolute Gasteiger partial charge is 0.486 e. The van der Waals surface area contributed by atoms with Gasteiger partial charge in [0, 0.05) is 18.3 Å². The van der Waals surface area contributed by atoms with Gasteiger partial charge in [-0.3, -0.25) is 0 Å². The molecule has 0 atom stereocenters. The molecule has 0 unspecified atom stereocenters. The van der Waals surface area contributed by atoms with E-state index in [1.165, 1.54) is 0 Å². The molecule has 1 aromatic carbocycles. The van der Waals surface area contributed by atoms with Crippen LogP contribution in [0.25, 0.3) is 11.3 Å². The van der Waals surface area contributed by atoms with E-state index in [0.717, 1.165) is 34.1 Å². The van der Waals surface area contributed by atoms with Crippen LogP contribution in [-0.2, 0) is 6.54 Å². The van der Waals surface area contributed by atoms with Crippen LogP contribution in [0, 0.1) is 4.77 Å². The summed E-state index contributed by atoms with van der Waals surface area (Å²) in [5, 5.41) is 0. The van der Waals surface area contributed by atoms with Gasteiger partial charge in [-0.05, 0) is 37.3 Å². The molecule has 1 N–H and O–H groups in total. The molecular formula is C13H14N2O2S. The van der Waals surface area contributed by atoms with E-state index < -0.39 is 0 Å². The zero-order chi connectivity index (χ0) is 12.5. The Hall–Kier alpha value is -1.75. The molecule has 0 fully saturated rings. The van der Waals surface area contributed by atoms with Gasteiger partial charge in [-0.15, -0.1) is 0 Å². The van der Waals surface area contributed by atoms with Crippen molar-refractivity contribution >= 4 is 12.2 Å². The fraction of sp³-hybridized carbons (Fsp3) is 0.308. The summed E-state index contributed by atoms with van der Waals surface area (Å²) in [6.07, 6.45) is 1.93. The Morgan fingerprint density at radius 3 is 2.83 bits per heavy atom. The molecule has 0 radical (unpaired) electrons. The van der Waals surface area contributed by atoms with E-state index in [1.54, 1.807) is 0 Å². The summed E-state index contributed by atoms with van der Waals surface area (Å²) in [5.74, 6) is 1.61.